The van der Waals surface area contributed by atoms with Crippen LogP contribution in [0.3, 0.4) is 0 Å². The molecule has 0 unspecified atom stereocenters. The zero-order chi connectivity index (χ0) is 17.5. The van der Waals surface area contributed by atoms with Crippen molar-refractivity contribution in [3.8, 4) is 0 Å². The minimum atomic E-state index is -0.466. The van der Waals surface area contributed by atoms with Gasteiger partial charge in [0.05, 0.1) is 0 Å². The molecule has 2 aromatic heterocycles. The predicted octanol–water partition coefficient (Wildman–Crippen LogP) is 2.40. The Morgan fingerprint density at radius 3 is 2.21 bits per heavy atom. The van der Waals surface area contributed by atoms with Gasteiger partial charge in [-0.2, -0.15) is 0 Å². The van der Waals surface area contributed by atoms with Gasteiger partial charge in [-0.25, -0.2) is 14.8 Å². The Labute approximate surface area is 142 Å². The summed E-state index contributed by atoms with van der Waals surface area (Å²) in [6.45, 7) is 12.4. The number of hydrogen-bond donors (Lipinski definition) is 0. The second kappa shape index (κ2) is 5.96. The molecular formula is C17H25N5O2. The molecule has 1 amide bonds. The summed E-state index contributed by atoms with van der Waals surface area (Å²) in [6.07, 6.45) is 3.49. The third-order valence-corrected chi connectivity index (χ3v) is 4.10. The molecule has 0 bridgehead atoms. The van der Waals surface area contributed by atoms with Crippen molar-refractivity contribution >= 4 is 17.6 Å². The molecule has 0 saturated carbocycles. The van der Waals surface area contributed by atoms with Crippen molar-refractivity contribution in [2.45, 2.75) is 40.2 Å². The number of carbonyl (C=O) groups is 1. The van der Waals surface area contributed by atoms with E-state index in [-0.39, 0.29) is 6.09 Å². The fraction of sp³-hybridized carbons (Fsp3) is 0.588. The maximum Gasteiger partial charge on any atom is 0.410 e. The van der Waals surface area contributed by atoms with E-state index in [0.717, 1.165) is 35.9 Å². The number of fused-ring (bicyclic) bond motifs is 1. The average molecular weight is 331 g/mol. The van der Waals surface area contributed by atoms with Crippen LogP contribution in [0.4, 0.5) is 10.6 Å². The topological polar surface area (TPSA) is 63.0 Å². The van der Waals surface area contributed by atoms with E-state index in [0.29, 0.717) is 13.1 Å². The highest BCUT2D eigenvalue weighted by molar-refractivity contribution is 5.70. The molecule has 1 fully saturated rings. The van der Waals surface area contributed by atoms with Crippen LogP contribution in [0.25, 0.3) is 5.65 Å². The minimum absolute atomic E-state index is 0.249. The minimum Gasteiger partial charge on any atom is -0.444 e. The monoisotopic (exact) mass is 331 g/mol. The van der Waals surface area contributed by atoms with Crippen LogP contribution in [-0.2, 0) is 4.74 Å². The summed E-state index contributed by atoms with van der Waals surface area (Å²) in [7, 11) is 0. The highest BCUT2D eigenvalue weighted by Crippen LogP contribution is 2.22. The molecule has 7 nitrogen and oxygen atoms in total. The van der Waals surface area contributed by atoms with Crippen LogP contribution in [0.5, 0.6) is 0 Å². The maximum absolute atomic E-state index is 12.2. The first-order valence-corrected chi connectivity index (χ1v) is 8.29. The highest BCUT2D eigenvalue weighted by atomic mass is 16.6. The smallest absolute Gasteiger partial charge is 0.410 e. The van der Waals surface area contributed by atoms with Crippen LogP contribution in [-0.4, -0.2) is 57.1 Å². The molecule has 7 heteroatoms. The Kier molecular flexibility index (Phi) is 4.11. The first-order chi connectivity index (χ1) is 11.3. The van der Waals surface area contributed by atoms with Crippen LogP contribution in [0.2, 0.25) is 0 Å². The number of carbonyl (C=O) groups excluding carboxylic acids is 1. The second-order valence-corrected chi connectivity index (χ2v) is 7.24. The molecular weight excluding hydrogens is 306 g/mol. The number of rotatable bonds is 1. The molecule has 1 aliphatic rings. The Morgan fingerprint density at radius 2 is 1.62 bits per heavy atom. The maximum atomic E-state index is 12.2. The standard InChI is InChI=1S/C17H25N5O2/c1-12-10-18-14(15-19-11-13(2)22(12)15)20-6-8-21(9-7-20)16(23)24-17(3,4)5/h10-11H,6-9H2,1-5H3. The molecule has 24 heavy (non-hydrogen) atoms. The van der Waals surface area contributed by atoms with Gasteiger partial charge in [0, 0.05) is 50.0 Å². The number of imidazole rings is 1. The van der Waals surface area contributed by atoms with Gasteiger partial charge in [-0.15, -0.1) is 0 Å². The van der Waals surface area contributed by atoms with Crippen molar-refractivity contribution in [1.82, 2.24) is 19.3 Å². The van der Waals surface area contributed by atoms with E-state index in [9.17, 15) is 4.79 Å². The van der Waals surface area contributed by atoms with Crippen LogP contribution < -0.4 is 4.90 Å². The molecule has 0 atom stereocenters. The third kappa shape index (κ3) is 3.16. The van der Waals surface area contributed by atoms with Crippen LogP contribution >= 0.6 is 0 Å². The fourth-order valence-electron chi connectivity index (χ4n) is 2.96. The fourth-order valence-corrected chi connectivity index (χ4v) is 2.96. The summed E-state index contributed by atoms with van der Waals surface area (Å²) in [5.41, 5.74) is 2.57. The van der Waals surface area contributed by atoms with Gasteiger partial charge in [0.25, 0.3) is 0 Å². The lowest BCUT2D eigenvalue weighted by atomic mass is 10.2. The quantitative estimate of drug-likeness (QED) is 0.803. The molecule has 1 aliphatic heterocycles. The van der Waals surface area contributed by atoms with Gasteiger partial charge >= 0.3 is 6.09 Å². The molecule has 130 valence electrons. The first kappa shape index (κ1) is 16.5. The third-order valence-electron chi connectivity index (χ3n) is 4.10. The number of ether oxygens (including phenoxy) is 1. The van der Waals surface area contributed by atoms with Crippen molar-refractivity contribution in [1.29, 1.82) is 0 Å². The molecule has 0 N–H and O–H groups in total. The van der Waals surface area contributed by atoms with E-state index >= 15 is 0 Å². The molecule has 3 heterocycles. The summed E-state index contributed by atoms with van der Waals surface area (Å²) in [6, 6.07) is 0. The SMILES string of the molecule is Cc1cnc(N2CCN(C(=O)OC(C)(C)C)CC2)c2ncc(C)n12. The van der Waals surface area contributed by atoms with Gasteiger partial charge < -0.3 is 14.5 Å². The Balaban J connectivity index is 1.74. The molecule has 0 aromatic carbocycles. The Hall–Kier alpha value is -2.31. The van der Waals surface area contributed by atoms with Crippen LogP contribution in [0.15, 0.2) is 12.4 Å². The molecule has 3 rings (SSSR count). The molecule has 0 spiro atoms. The molecule has 0 aliphatic carbocycles. The summed E-state index contributed by atoms with van der Waals surface area (Å²) < 4.78 is 7.56. The predicted molar refractivity (Wildman–Crippen MR) is 92.5 cm³/mol. The molecule has 2 aromatic rings. The van der Waals surface area contributed by atoms with E-state index in [2.05, 4.69) is 19.3 Å². The number of amides is 1. The van der Waals surface area contributed by atoms with Gasteiger partial charge in [-0.3, -0.25) is 4.40 Å². The second-order valence-electron chi connectivity index (χ2n) is 7.24. The summed E-state index contributed by atoms with van der Waals surface area (Å²) >= 11 is 0. The van der Waals surface area contributed by atoms with Crippen LogP contribution in [0.1, 0.15) is 32.2 Å². The number of anilines is 1. The number of nitrogens with zero attached hydrogens (tertiary/aromatic N) is 5. The number of aromatic nitrogens is 3. The summed E-state index contributed by atoms with van der Waals surface area (Å²) in [4.78, 5) is 25.2. The van der Waals surface area contributed by atoms with Gasteiger partial charge in [0.15, 0.2) is 11.5 Å². The Bertz CT molecular complexity index is 754. The van der Waals surface area contributed by atoms with Crippen LogP contribution in [0, 0.1) is 13.8 Å². The zero-order valence-corrected chi connectivity index (χ0v) is 15.0. The van der Waals surface area contributed by atoms with Crippen molar-refractivity contribution in [2.24, 2.45) is 0 Å². The van der Waals surface area contributed by atoms with Gasteiger partial charge in [0.1, 0.15) is 5.60 Å². The number of hydrogen-bond acceptors (Lipinski definition) is 5. The summed E-state index contributed by atoms with van der Waals surface area (Å²) in [5.74, 6) is 0.873. The molecule has 1 saturated heterocycles. The lowest BCUT2D eigenvalue weighted by Gasteiger charge is -2.36. The lowest BCUT2D eigenvalue weighted by Crippen LogP contribution is -2.50. The van der Waals surface area contributed by atoms with Crippen molar-refractivity contribution in [3.63, 3.8) is 0 Å². The van der Waals surface area contributed by atoms with Crippen molar-refractivity contribution < 1.29 is 9.53 Å². The lowest BCUT2D eigenvalue weighted by molar-refractivity contribution is 0.0240. The van der Waals surface area contributed by atoms with E-state index in [1.165, 1.54) is 0 Å². The Morgan fingerprint density at radius 1 is 1.04 bits per heavy atom. The average Bonchev–Trinajstić information content (AvgIpc) is 2.89. The van der Waals surface area contributed by atoms with Crippen molar-refractivity contribution in [2.75, 3.05) is 31.1 Å². The number of piperazine rings is 1. The highest BCUT2D eigenvalue weighted by Gasteiger charge is 2.27. The van der Waals surface area contributed by atoms with E-state index in [1.807, 2.05) is 47.0 Å². The van der Waals surface area contributed by atoms with Crippen molar-refractivity contribution in [3.05, 3.63) is 23.8 Å². The summed E-state index contributed by atoms with van der Waals surface area (Å²) in [5, 5.41) is 0. The van der Waals surface area contributed by atoms with Gasteiger partial charge in [-0.1, -0.05) is 0 Å². The number of aryl methyl sites for hydroxylation is 2. The van der Waals surface area contributed by atoms with E-state index in [1.54, 1.807) is 4.90 Å². The van der Waals surface area contributed by atoms with Gasteiger partial charge in [0.2, 0.25) is 0 Å². The first-order valence-electron chi connectivity index (χ1n) is 8.29. The molecule has 0 radical (unpaired) electrons. The van der Waals surface area contributed by atoms with E-state index < -0.39 is 5.60 Å². The normalized spacial score (nSPS) is 15.9. The van der Waals surface area contributed by atoms with E-state index in [4.69, 9.17) is 4.74 Å². The zero-order valence-electron chi connectivity index (χ0n) is 15.0. The van der Waals surface area contributed by atoms with Gasteiger partial charge in [-0.05, 0) is 34.6 Å². The largest absolute Gasteiger partial charge is 0.444 e.